The Labute approximate surface area is 242 Å². The second-order valence-corrected chi connectivity index (χ2v) is 11.2. The maximum absolute atomic E-state index is 13.0. The molecule has 41 heavy (non-hydrogen) atoms. The Morgan fingerprint density at radius 1 is 0.829 bits per heavy atom. The van der Waals surface area contributed by atoms with Crippen molar-refractivity contribution in [3.63, 3.8) is 0 Å². The van der Waals surface area contributed by atoms with Gasteiger partial charge >= 0.3 is 0 Å². The van der Waals surface area contributed by atoms with Crippen molar-refractivity contribution in [3.8, 4) is 11.3 Å². The molecular formula is C34H39N5O2. The molecule has 3 N–H and O–H groups in total. The van der Waals surface area contributed by atoms with Crippen molar-refractivity contribution >= 4 is 29.1 Å². The summed E-state index contributed by atoms with van der Waals surface area (Å²) in [6.45, 7) is 12.5. The van der Waals surface area contributed by atoms with Crippen LogP contribution in [-0.4, -0.2) is 27.8 Å². The van der Waals surface area contributed by atoms with E-state index in [-0.39, 0.29) is 23.3 Å². The highest BCUT2D eigenvalue weighted by atomic mass is 16.2. The van der Waals surface area contributed by atoms with Gasteiger partial charge in [-0.05, 0) is 84.8 Å². The summed E-state index contributed by atoms with van der Waals surface area (Å²) >= 11 is 0. The van der Waals surface area contributed by atoms with Gasteiger partial charge in [-0.25, -0.2) is 9.97 Å². The summed E-state index contributed by atoms with van der Waals surface area (Å²) in [5.74, 6) is 0.199. The fraction of sp³-hybridized carbons (Fsp3) is 0.294. The zero-order valence-electron chi connectivity index (χ0n) is 24.7. The molecule has 0 aliphatic carbocycles. The van der Waals surface area contributed by atoms with E-state index in [0.717, 1.165) is 41.0 Å². The summed E-state index contributed by atoms with van der Waals surface area (Å²) in [5.41, 5.74) is 6.45. The summed E-state index contributed by atoms with van der Waals surface area (Å²) in [6, 6.07) is 22.8. The van der Waals surface area contributed by atoms with Crippen molar-refractivity contribution in [2.75, 3.05) is 10.6 Å². The van der Waals surface area contributed by atoms with E-state index in [4.69, 9.17) is 4.98 Å². The van der Waals surface area contributed by atoms with Gasteiger partial charge in [-0.15, -0.1) is 0 Å². The topological polar surface area (TPSA) is 96.0 Å². The van der Waals surface area contributed by atoms with Crippen molar-refractivity contribution in [1.29, 1.82) is 0 Å². The van der Waals surface area contributed by atoms with Gasteiger partial charge in [-0.1, -0.05) is 58.9 Å². The van der Waals surface area contributed by atoms with Gasteiger partial charge in [0.25, 0.3) is 11.8 Å². The maximum atomic E-state index is 13.0. The molecule has 1 heterocycles. The largest absolute Gasteiger partial charge is 0.349 e. The third kappa shape index (κ3) is 7.37. The van der Waals surface area contributed by atoms with Crippen LogP contribution in [0.3, 0.4) is 0 Å². The fourth-order valence-electron chi connectivity index (χ4n) is 4.53. The highest BCUT2D eigenvalue weighted by Gasteiger charge is 2.16. The van der Waals surface area contributed by atoms with E-state index < -0.39 is 0 Å². The second-order valence-electron chi connectivity index (χ2n) is 11.2. The van der Waals surface area contributed by atoms with E-state index in [9.17, 15) is 9.59 Å². The molecule has 0 aliphatic rings. The monoisotopic (exact) mass is 549 g/mol. The molecule has 0 atom stereocenters. The van der Waals surface area contributed by atoms with Crippen LogP contribution in [0.25, 0.3) is 11.3 Å². The molecule has 1 aromatic heterocycles. The van der Waals surface area contributed by atoms with E-state index >= 15 is 0 Å². The molecule has 0 fully saturated rings. The van der Waals surface area contributed by atoms with Gasteiger partial charge in [-0.2, -0.15) is 0 Å². The summed E-state index contributed by atoms with van der Waals surface area (Å²) in [7, 11) is 0. The highest BCUT2D eigenvalue weighted by molar-refractivity contribution is 6.05. The van der Waals surface area contributed by atoms with Crippen LogP contribution in [0.5, 0.6) is 0 Å². The number of nitrogens with one attached hydrogen (secondary N) is 3. The number of rotatable bonds is 9. The number of carbonyl (C=O) groups is 2. The summed E-state index contributed by atoms with van der Waals surface area (Å²) < 4.78 is 0. The molecule has 0 spiro atoms. The van der Waals surface area contributed by atoms with Crippen molar-refractivity contribution in [2.24, 2.45) is 0 Å². The Kier molecular flexibility index (Phi) is 9.17. The first kappa shape index (κ1) is 29.5. The third-order valence-corrected chi connectivity index (χ3v) is 7.25. The lowest BCUT2D eigenvalue weighted by atomic mass is 9.86. The number of nitrogens with zero attached hydrogens (tertiary/aromatic N) is 2. The highest BCUT2D eigenvalue weighted by Crippen LogP contribution is 2.29. The van der Waals surface area contributed by atoms with E-state index in [1.54, 1.807) is 18.3 Å². The molecule has 4 aromatic rings. The molecule has 0 radical (unpaired) electrons. The molecule has 2 amide bonds. The third-order valence-electron chi connectivity index (χ3n) is 7.25. The van der Waals surface area contributed by atoms with Gasteiger partial charge in [0.1, 0.15) is 0 Å². The summed E-state index contributed by atoms with van der Waals surface area (Å²) in [6.07, 6.45) is 3.50. The molecule has 7 nitrogen and oxygen atoms in total. The first-order chi connectivity index (χ1) is 19.6. The Balaban J connectivity index is 1.47. The average Bonchev–Trinajstić information content (AvgIpc) is 2.97. The predicted molar refractivity (Wildman–Crippen MR) is 167 cm³/mol. The predicted octanol–water partition coefficient (Wildman–Crippen LogP) is 7.66. The average molecular weight is 550 g/mol. The first-order valence-electron chi connectivity index (χ1n) is 14.1. The van der Waals surface area contributed by atoms with Crippen LogP contribution in [0, 0.1) is 6.92 Å². The van der Waals surface area contributed by atoms with E-state index in [1.165, 1.54) is 5.56 Å². The molecule has 4 rings (SSSR count). The van der Waals surface area contributed by atoms with Crippen molar-refractivity contribution < 1.29 is 9.59 Å². The number of amides is 2. The van der Waals surface area contributed by atoms with Gasteiger partial charge in [0, 0.05) is 40.3 Å². The van der Waals surface area contributed by atoms with Gasteiger partial charge < -0.3 is 16.0 Å². The summed E-state index contributed by atoms with van der Waals surface area (Å²) in [4.78, 5) is 34.6. The number of aromatic nitrogens is 2. The first-order valence-corrected chi connectivity index (χ1v) is 14.1. The van der Waals surface area contributed by atoms with E-state index in [1.807, 2.05) is 67.6 Å². The van der Waals surface area contributed by atoms with E-state index in [2.05, 4.69) is 55.6 Å². The normalized spacial score (nSPS) is 11.3. The molecule has 3 aromatic carbocycles. The smallest absolute Gasteiger partial charge is 0.255 e. The Morgan fingerprint density at radius 2 is 1.46 bits per heavy atom. The zero-order valence-corrected chi connectivity index (χ0v) is 24.7. The van der Waals surface area contributed by atoms with Crippen LogP contribution in [0.15, 0.2) is 79.0 Å². The lowest BCUT2D eigenvalue weighted by Crippen LogP contribution is -2.33. The quantitative estimate of drug-likeness (QED) is 0.199. The molecular weight excluding hydrogens is 510 g/mol. The van der Waals surface area contributed by atoms with Crippen molar-refractivity contribution in [3.05, 3.63) is 101 Å². The summed E-state index contributed by atoms with van der Waals surface area (Å²) in [5, 5.41) is 9.33. The number of anilines is 3. The molecule has 212 valence electrons. The number of benzene rings is 3. The van der Waals surface area contributed by atoms with Crippen LogP contribution in [0.2, 0.25) is 0 Å². The molecule has 0 aliphatic heterocycles. The van der Waals surface area contributed by atoms with Crippen LogP contribution in [0.4, 0.5) is 17.3 Å². The van der Waals surface area contributed by atoms with Gasteiger partial charge in [0.05, 0.1) is 5.69 Å². The molecule has 0 saturated carbocycles. The van der Waals surface area contributed by atoms with Crippen LogP contribution in [-0.2, 0) is 5.41 Å². The van der Waals surface area contributed by atoms with Gasteiger partial charge in [0.15, 0.2) is 0 Å². The number of hydrogen-bond donors (Lipinski definition) is 3. The number of carbonyl (C=O) groups excluding carboxylic acids is 2. The molecule has 0 unspecified atom stereocenters. The Hall–Kier alpha value is -4.52. The fourth-order valence-corrected chi connectivity index (χ4v) is 4.53. The zero-order chi connectivity index (χ0) is 29.6. The van der Waals surface area contributed by atoms with Crippen LogP contribution < -0.4 is 16.0 Å². The van der Waals surface area contributed by atoms with Crippen molar-refractivity contribution in [2.45, 2.75) is 65.8 Å². The number of hydrogen-bond acceptors (Lipinski definition) is 5. The maximum Gasteiger partial charge on any atom is 0.255 e. The van der Waals surface area contributed by atoms with E-state index in [0.29, 0.717) is 17.1 Å². The van der Waals surface area contributed by atoms with Gasteiger partial charge in [-0.3, -0.25) is 9.59 Å². The van der Waals surface area contributed by atoms with Gasteiger partial charge in [0.2, 0.25) is 5.95 Å². The standard InChI is InChI=1S/C34H39N5O2/c1-7-26(8-2)36-31(40)24-14-18-27(19-15-24)37-33-35-21-20-30(39-33)28-10-9-11-29(22(28)3)38-32(41)23-12-16-25(17-13-23)34(4,5)6/h9-21,26H,7-8H2,1-6H3,(H,36,40)(H,38,41)(H,35,37,39). The second kappa shape index (κ2) is 12.8. The van der Waals surface area contributed by atoms with Crippen molar-refractivity contribution in [1.82, 2.24) is 15.3 Å². The molecule has 0 bridgehead atoms. The molecule has 7 heteroatoms. The lowest BCUT2D eigenvalue weighted by molar-refractivity contribution is 0.0934. The SMILES string of the molecule is CCC(CC)NC(=O)c1ccc(Nc2nccc(-c3cccc(NC(=O)c4ccc(C(C)(C)C)cc4)c3C)n2)cc1. The Morgan fingerprint density at radius 3 is 2.10 bits per heavy atom. The minimum atomic E-state index is -0.159. The van der Waals surface area contributed by atoms with Crippen LogP contribution >= 0.6 is 0 Å². The molecule has 0 saturated heterocycles. The minimum absolute atomic E-state index is 0.0256. The lowest BCUT2D eigenvalue weighted by Gasteiger charge is -2.19. The minimum Gasteiger partial charge on any atom is -0.349 e. The van der Waals surface area contributed by atoms with Crippen LogP contribution in [0.1, 0.15) is 79.3 Å². The Bertz CT molecular complexity index is 1500.